The first-order valence-corrected chi connectivity index (χ1v) is 15.1. The van der Waals surface area contributed by atoms with E-state index in [-0.39, 0.29) is 23.4 Å². The van der Waals surface area contributed by atoms with Crippen molar-refractivity contribution in [3.05, 3.63) is 95.8 Å². The summed E-state index contributed by atoms with van der Waals surface area (Å²) >= 11 is 0. The van der Waals surface area contributed by atoms with Crippen molar-refractivity contribution in [3.63, 3.8) is 0 Å². The fourth-order valence-electron chi connectivity index (χ4n) is 4.91. The third-order valence-corrected chi connectivity index (χ3v) is 9.11. The first-order chi connectivity index (χ1) is 19.1. The van der Waals surface area contributed by atoms with E-state index >= 15 is 0 Å². The number of benzene rings is 3. The quantitative estimate of drug-likeness (QED) is 0.366. The van der Waals surface area contributed by atoms with Gasteiger partial charge in [0.2, 0.25) is 11.8 Å². The topological polar surface area (TPSA) is 86.8 Å². The van der Waals surface area contributed by atoms with E-state index in [0.29, 0.717) is 5.69 Å². The Balaban J connectivity index is 1.65. The second-order valence-electron chi connectivity index (χ2n) is 10.3. The summed E-state index contributed by atoms with van der Waals surface area (Å²) in [6.45, 7) is 3.15. The van der Waals surface area contributed by atoms with Crippen LogP contribution in [0.4, 0.5) is 10.1 Å². The zero-order chi connectivity index (χ0) is 28.7. The summed E-state index contributed by atoms with van der Waals surface area (Å²) in [6.07, 6.45) is 5.07. The number of hydrogen-bond acceptors (Lipinski definition) is 4. The fraction of sp³-hybridized carbons (Fsp3) is 0.355. The Kier molecular flexibility index (Phi) is 9.58. The van der Waals surface area contributed by atoms with Crippen LogP contribution in [0.2, 0.25) is 0 Å². The van der Waals surface area contributed by atoms with Crippen molar-refractivity contribution in [1.29, 1.82) is 0 Å². The maximum atomic E-state index is 13.9. The molecule has 0 saturated heterocycles. The Labute approximate surface area is 236 Å². The molecule has 0 bridgehead atoms. The summed E-state index contributed by atoms with van der Waals surface area (Å²) in [5, 5.41) is 3.09. The number of aryl methyl sites for hydroxylation is 1. The van der Waals surface area contributed by atoms with Crippen molar-refractivity contribution in [2.45, 2.75) is 69.5 Å². The maximum absolute atomic E-state index is 13.9. The van der Waals surface area contributed by atoms with E-state index < -0.39 is 34.3 Å². The summed E-state index contributed by atoms with van der Waals surface area (Å²) in [5.74, 6) is -1.36. The molecule has 1 aliphatic rings. The highest BCUT2D eigenvalue weighted by Gasteiger charge is 2.33. The minimum absolute atomic E-state index is 0.0697. The van der Waals surface area contributed by atoms with E-state index in [0.717, 1.165) is 59.7 Å². The molecule has 0 aromatic heterocycles. The third kappa shape index (κ3) is 7.27. The summed E-state index contributed by atoms with van der Waals surface area (Å²) in [4.78, 5) is 28.6. The molecule has 0 spiro atoms. The van der Waals surface area contributed by atoms with Gasteiger partial charge in [0.15, 0.2) is 0 Å². The van der Waals surface area contributed by atoms with Crippen molar-refractivity contribution in [1.82, 2.24) is 10.2 Å². The van der Waals surface area contributed by atoms with Crippen LogP contribution in [0, 0.1) is 12.7 Å². The van der Waals surface area contributed by atoms with Gasteiger partial charge in [-0.1, -0.05) is 67.3 Å². The predicted octanol–water partition coefficient (Wildman–Crippen LogP) is 5.20. The monoisotopic (exact) mass is 565 g/mol. The van der Waals surface area contributed by atoms with Crippen LogP contribution in [0.1, 0.15) is 50.2 Å². The number of amides is 2. The van der Waals surface area contributed by atoms with Crippen LogP contribution in [0.25, 0.3) is 0 Å². The standard InChI is InChI=1S/C31H36FN3O4S/c1-23-13-17-28(18-14-23)35(40(38,39)29-19-15-26(32)16-20-29)22-30(36)34(21-25-9-5-3-6-10-25)24(2)31(37)33-27-11-7-4-8-12-27/h3,5-6,9-10,13-20,24,27H,4,7-8,11-12,21-22H2,1-2H3,(H,33,37)/t24-/m0/s1. The fourth-order valence-corrected chi connectivity index (χ4v) is 6.32. The Morgan fingerprint density at radius 3 is 2.17 bits per heavy atom. The molecule has 0 unspecified atom stereocenters. The van der Waals surface area contributed by atoms with Gasteiger partial charge in [-0.2, -0.15) is 0 Å². The molecule has 7 nitrogen and oxygen atoms in total. The highest BCUT2D eigenvalue weighted by atomic mass is 32.2. The zero-order valence-electron chi connectivity index (χ0n) is 22.9. The van der Waals surface area contributed by atoms with Crippen molar-refractivity contribution in [2.24, 2.45) is 0 Å². The van der Waals surface area contributed by atoms with Crippen LogP contribution in [-0.2, 0) is 26.2 Å². The second-order valence-corrected chi connectivity index (χ2v) is 12.2. The molecular weight excluding hydrogens is 529 g/mol. The lowest BCUT2D eigenvalue weighted by atomic mass is 9.95. The number of halogens is 1. The minimum atomic E-state index is -4.24. The lowest BCUT2D eigenvalue weighted by Gasteiger charge is -2.33. The molecule has 1 N–H and O–H groups in total. The van der Waals surface area contributed by atoms with Crippen molar-refractivity contribution >= 4 is 27.5 Å². The molecule has 1 aliphatic carbocycles. The Hall–Kier alpha value is -3.72. The molecule has 4 rings (SSSR count). The van der Waals surface area contributed by atoms with Gasteiger partial charge in [0.1, 0.15) is 18.4 Å². The van der Waals surface area contributed by atoms with E-state index in [1.807, 2.05) is 37.3 Å². The van der Waals surface area contributed by atoms with Gasteiger partial charge in [-0.15, -0.1) is 0 Å². The highest BCUT2D eigenvalue weighted by molar-refractivity contribution is 7.92. The van der Waals surface area contributed by atoms with E-state index in [4.69, 9.17) is 0 Å². The lowest BCUT2D eigenvalue weighted by Crippen LogP contribution is -2.53. The number of hydrogen-bond donors (Lipinski definition) is 1. The van der Waals surface area contributed by atoms with Gasteiger partial charge in [-0.05, 0) is 68.7 Å². The lowest BCUT2D eigenvalue weighted by molar-refractivity contribution is -0.139. The molecule has 1 saturated carbocycles. The van der Waals surface area contributed by atoms with E-state index in [1.54, 1.807) is 31.2 Å². The largest absolute Gasteiger partial charge is 0.352 e. The molecular formula is C31H36FN3O4S. The highest BCUT2D eigenvalue weighted by Crippen LogP contribution is 2.25. The summed E-state index contributed by atoms with van der Waals surface area (Å²) in [5.41, 5.74) is 2.03. The minimum Gasteiger partial charge on any atom is -0.352 e. The van der Waals surface area contributed by atoms with Crippen LogP contribution in [0.5, 0.6) is 0 Å². The van der Waals surface area contributed by atoms with Crippen LogP contribution < -0.4 is 9.62 Å². The third-order valence-electron chi connectivity index (χ3n) is 7.32. The first-order valence-electron chi connectivity index (χ1n) is 13.6. The van der Waals surface area contributed by atoms with Gasteiger partial charge >= 0.3 is 0 Å². The number of nitrogens with one attached hydrogen (secondary N) is 1. The van der Waals surface area contributed by atoms with Gasteiger partial charge in [0, 0.05) is 12.6 Å². The normalized spacial score (nSPS) is 14.8. The molecule has 9 heteroatoms. The predicted molar refractivity (Wildman–Crippen MR) is 154 cm³/mol. The molecule has 1 atom stereocenters. The number of anilines is 1. The SMILES string of the molecule is Cc1ccc(N(CC(=O)N(Cc2ccccc2)[C@@H](C)C(=O)NC2CCCCC2)S(=O)(=O)c2ccc(F)cc2)cc1. The molecule has 0 aliphatic heterocycles. The second kappa shape index (κ2) is 13.1. The summed E-state index contributed by atoms with van der Waals surface area (Å²) in [7, 11) is -4.24. The van der Waals surface area contributed by atoms with Crippen molar-refractivity contribution in [3.8, 4) is 0 Å². The molecule has 212 valence electrons. The van der Waals surface area contributed by atoms with Gasteiger partial charge in [-0.25, -0.2) is 12.8 Å². The Morgan fingerprint density at radius 1 is 0.925 bits per heavy atom. The zero-order valence-corrected chi connectivity index (χ0v) is 23.7. The number of rotatable bonds is 10. The smallest absolute Gasteiger partial charge is 0.264 e. The molecule has 3 aromatic carbocycles. The molecule has 40 heavy (non-hydrogen) atoms. The average Bonchev–Trinajstić information content (AvgIpc) is 2.96. The molecule has 3 aromatic rings. The number of carbonyl (C=O) groups is 2. The Morgan fingerprint density at radius 2 is 1.55 bits per heavy atom. The summed E-state index contributed by atoms with van der Waals surface area (Å²) < 4.78 is 42.1. The van der Waals surface area contributed by atoms with Crippen LogP contribution in [0.3, 0.4) is 0 Å². The van der Waals surface area contributed by atoms with Gasteiger partial charge in [0.25, 0.3) is 10.0 Å². The maximum Gasteiger partial charge on any atom is 0.264 e. The van der Waals surface area contributed by atoms with Crippen LogP contribution in [-0.4, -0.2) is 43.8 Å². The van der Waals surface area contributed by atoms with Crippen molar-refractivity contribution < 1.29 is 22.4 Å². The molecule has 1 fully saturated rings. The molecule has 0 radical (unpaired) electrons. The average molecular weight is 566 g/mol. The van der Waals surface area contributed by atoms with E-state index in [2.05, 4.69) is 5.32 Å². The Bertz CT molecular complexity index is 1390. The van der Waals surface area contributed by atoms with Gasteiger partial charge in [0.05, 0.1) is 10.6 Å². The van der Waals surface area contributed by atoms with Gasteiger partial charge < -0.3 is 10.2 Å². The van der Waals surface area contributed by atoms with Crippen LogP contribution in [0.15, 0.2) is 83.8 Å². The number of sulfonamides is 1. The number of nitrogens with zero attached hydrogens (tertiary/aromatic N) is 2. The molecule has 0 heterocycles. The van der Waals surface area contributed by atoms with Gasteiger partial charge in [-0.3, -0.25) is 13.9 Å². The molecule has 2 amide bonds. The van der Waals surface area contributed by atoms with Crippen molar-refractivity contribution in [2.75, 3.05) is 10.8 Å². The first kappa shape index (κ1) is 29.3. The summed E-state index contributed by atoms with van der Waals surface area (Å²) in [6, 6.07) is 19.8. The van der Waals surface area contributed by atoms with Crippen LogP contribution >= 0.6 is 0 Å². The number of carbonyl (C=O) groups excluding carboxylic acids is 2. The van der Waals surface area contributed by atoms with E-state index in [1.165, 1.54) is 17.0 Å². The van der Waals surface area contributed by atoms with E-state index in [9.17, 15) is 22.4 Å².